The first-order valence-corrected chi connectivity index (χ1v) is 11.1. The molecule has 5 rings (SSSR count). The van der Waals surface area contributed by atoms with E-state index in [0.29, 0.717) is 23.4 Å². The van der Waals surface area contributed by atoms with Gasteiger partial charge in [0, 0.05) is 41.3 Å². The third kappa shape index (κ3) is 4.03. The lowest BCUT2D eigenvalue weighted by molar-refractivity contribution is -0.384. The molecule has 9 nitrogen and oxygen atoms in total. The number of imide groups is 2. The summed E-state index contributed by atoms with van der Waals surface area (Å²) in [5, 5.41) is 14.2. The molecule has 0 aliphatic carbocycles. The maximum absolute atomic E-state index is 13.3. The smallest absolute Gasteiger partial charge is 0.335 e. The van der Waals surface area contributed by atoms with E-state index in [-0.39, 0.29) is 11.3 Å². The molecule has 0 spiro atoms. The standard InChI is InChI=1S/C27H20N4O5/c1-17-7-2-4-11-23(17)30-26(33)22(25(32)28-27(30)34)14-19-16-29(24-12-5-3-10-21(19)24)15-18-8-6-9-20(13-18)31(35)36/h2-14,16H,15H2,1H3,(H,28,32,34)/b22-14+. The number of carbonyl (C=O) groups is 3. The number of nitro groups is 1. The van der Waals surface area contributed by atoms with Gasteiger partial charge in [-0.3, -0.25) is 25.0 Å². The van der Waals surface area contributed by atoms with E-state index in [1.165, 1.54) is 18.2 Å². The number of barbiturate groups is 1. The van der Waals surface area contributed by atoms with Crippen molar-refractivity contribution in [3.63, 3.8) is 0 Å². The van der Waals surface area contributed by atoms with E-state index in [2.05, 4.69) is 5.32 Å². The monoisotopic (exact) mass is 480 g/mol. The summed E-state index contributed by atoms with van der Waals surface area (Å²) in [6.45, 7) is 2.12. The maximum atomic E-state index is 13.3. The molecule has 1 aliphatic rings. The largest absolute Gasteiger partial charge is 0.342 e. The molecule has 1 fully saturated rings. The lowest BCUT2D eigenvalue weighted by Gasteiger charge is -2.27. The Morgan fingerprint density at radius 1 is 0.972 bits per heavy atom. The van der Waals surface area contributed by atoms with Gasteiger partial charge in [-0.2, -0.15) is 0 Å². The van der Waals surface area contributed by atoms with Crippen molar-refractivity contribution in [3.8, 4) is 0 Å². The molecule has 0 atom stereocenters. The Balaban J connectivity index is 1.57. The van der Waals surface area contributed by atoms with Crippen LogP contribution in [0.3, 0.4) is 0 Å². The second-order valence-electron chi connectivity index (χ2n) is 8.40. The number of non-ortho nitro benzene ring substituents is 1. The van der Waals surface area contributed by atoms with E-state index < -0.39 is 22.8 Å². The fraction of sp³-hybridized carbons (Fsp3) is 0.0741. The number of fused-ring (bicyclic) bond motifs is 1. The van der Waals surface area contributed by atoms with Gasteiger partial charge < -0.3 is 4.57 Å². The molecule has 178 valence electrons. The fourth-order valence-electron chi connectivity index (χ4n) is 4.33. The average Bonchev–Trinajstić information content (AvgIpc) is 3.20. The van der Waals surface area contributed by atoms with E-state index in [9.17, 15) is 24.5 Å². The van der Waals surface area contributed by atoms with E-state index in [1.54, 1.807) is 49.5 Å². The van der Waals surface area contributed by atoms with Gasteiger partial charge in [0.1, 0.15) is 5.57 Å². The van der Waals surface area contributed by atoms with Crippen molar-refractivity contribution in [3.05, 3.63) is 111 Å². The van der Waals surface area contributed by atoms with Crippen LogP contribution in [0.4, 0.5) is 16.2 Å². The van der Waals surface area contributed by atoms with E-state index in [4.69, 9.17) is 0 Å². The Morgan fingerprint density at radius 3 is 2.50 bits per heavy atom. The first-order chi connectivity index (χ1) is 17.3. The molecule has 1 N–H and O–H groups in total. The molecule has 4 amide bonds. The van der Waals surface area contributed by atoms with Gasteiger partial charge in [-0.1, -0.05) is 48.5 Å². The van der Waals surface area contributed by atoms with Gasteiger partial charge in [-0.05, 0) is 36.3 Å². The van der Waals surface area contributed by atoms with Crippen LogP contribution >= 0.6 is 0 Å². The summed E-state index contributed by atoms with van der Waals surface area (Å²) >= 11 is 0. The van der Waals surface area contributed by atoms with Crippen LogP contribution in [-0.4, -0.2) is 27.3 Å². The number of nitro benzene ring substituents is 1. The first-order valence-electron chi connectivity index (χ1n) is 11.1. The minimum Gasteiger partial charge on any atom is -0.342 e. The van der Waals surface area contributed by atoms with Crippen LogP contribution < -0.4 is 10.2 Å². The van der Waals surface area contributed by atoms with Crippen molar-refractivity contribution in [1.82, 2.24) is 9.88 Å². The van der Waals surface area contributed by atoms with Crippen LogP contribution in [0.1, 0.15) is 16.7 Å². The molecular formula is C27H20N4O5. The molecule has 1 aromatic heterocycles. The number of benzene rings is 3. The number of aryl methyl sites for hydroxylation is 1. The molecule has 9 heteroatoms. The molecule has 0 radical (unpaired) electrons. The predicted molar refractivity (Wildman–Crippen MR) is 134 cm³/mol. The second-order valence-corrected chi connectivity index (χ2v) is 8.40. The summed E-state index contributed by atoms with van der Waals surface area (Å²) in [4.78, 5) is 50.3. The summed E-state index contributed by atoms with van der Waals surface area (Å²) in [6.07, 6.45) is 3.26. The van der Waals surface area contributed by atoms with Crippen molar-refractivity contribution >= 4 is 46.2 Å². The summed E-state index contributed by atoms with van der Waals surface area (Å²) in [5.41, 5.74) is 3.09. The lowest BCUT2D eigenvalue weighted by Crippen LogP contribution is -2.54. The minimum absolute atomic E-state index is 0.00302. The number of nitrogens with zero attached hydrogens (tertiary/aromatic N) is 3. The number of hydrogen-bond acceptors (Lipinski definition) is 5. The highest BCUT2D eigenvalue weighted by Crippen LogP contribution is 2.28. The number of aromatic nitrogens is 1. The topological polar surface area (TPSA) is 115 Å². The number of hydrogen-bond donors (Lipinski definition) is 1. The Bertz CT molecular complexity index is 1600. The van der Waals surface area contributed by atoms with E-state index in [0.717, 1.165) is 21.4 Å². The number of amides is 4. The van der Waals surface area contributed by atoms with Crippen LogP contribution in [0.15, 0.2) is 84.6 Å². The van der Waals surface area contributed by atoms with Gasteiger partial charge in [-0.25, -0.2) is 9.69 Å². The number of rotatable bonds is 5. The lowest BCUT2D eigenvalue weighted by atomic mass is 10.1. The highest BCUT2D eigenvalue weighted by molar-refractivity contribution is 6.39. The molecule has 4 aromatic rings. The molecule has 3 aromatic carbocycles. The summed E-state index contributed by atoms with van der Waals surface area (Å²) in [6, 6.07) is 19.9. The zero-order chi connectivity index (χ0) is 25.4. The normalized spacial score (nSPS) is 15.0. The Labute approximate surface area is 205 Å². The SMILES string of the molecule is Cc1ccccc1N1C(=O)NC(=O)/C(=C\c2cn(Cc3cccc([N+](=O)[O-])c3)c3ccccc23)C1=O. The van der Waals surface area contributed by atoms with Gasteiger partial charge in [0.05, 0.1) is 10.6 Å². The summed E-state index contributed by atoms with van der Waals surface area (Å²) in [5.74, 6) is -1.49. The quantitative estimate of drug-likeness (QED) is 0.194. The number of para-hydroxylation sites is 2. The highest BCUT2D eigenvalue weighted by atomic mass is 16.6. The van der Waals surface area contributed by atoms with Crippen LogP contribution in [-0.2, 0) is 16.1 Å². The van der Waals surface area contributed by atoms with Crippen LogP contribution in [0, 0.1) is 17.0 Å². The van der Waals surface area contributed by atoms with Gasteiger partial charge in [-0.15, -0.1) is 0 Å². The number of anilines is 1. The minimum atomic E-state index is -0.801. The first kappa shape index (κ1) is 22.7. The molecular weight excluding hydrogens is 460 g/mol. The summed E-state index contributed by atoms with van der Waals surface area (Å²) in [7, 11) is 0. The number of nitrogens with one attached hydrogen (secondary N) is 1. The number of carbonyl (C=O) groups excluding carboxylic acids is 3. The van der Waals surface area contributed by atoms with Crippen molar-refractivity contribution in [2.45, 2.75) is 13.5 Å². The van der Waals surface area contributed by atoms with Gasteiger partial charge in [0.15, 0.2) is 0 Å². The third-order valence-electron chi connectivity index (χ3n) is 6.05. The van der Waals surface area contributed by atoms with E-state index >= 15 is 0 Å². The Morgan fingerprint density at radius 2 is 1.72 bits per heavy atom. The van der Waals surface area contributed by atoms with Crippen molar-refractivity contribution in [1.29, 1.82) is 0 Å². The molecule has 0 bridgehead atoms. The Kier molecular flexibility index (Phi) is 5.65. The third-order valence-corrected chi connectivity index (χ3v) is 6.05. The zero-order valence-electron chi connectivity index (χ0n) is 19.2. The second kappa shape index (κ2) is 8.95. The van der Waals surface area contributed by atoms with Crippen LogP contribution in [0.25, 0.3) is 17.0 Å². The van der Waals surface area contributed by atoms with Crippen molar-refractivity contribution in [2.24, 2.45) is 0 Å². The molecule has 0 saturated carbocycles. The molecule has 36 heavy (non-hydrogen) atoms. The van der Waals surface area contributed by atoms with Crippen molar-refractivity contribution < 1.29 is 19.3 Å². The molecule has 2 heterocycles. The highest BCUT2D eigenvalue weighted by Gasteiger charge is 2.37. The fourth-order valence-corrected chi connectivity index (χ4v) is 4.33. The average molecular weight is 480 g/mol. The molecule has 0 unspecified atom stereocenters. The van der Waals surface area contributed by atoms with E-state index in [1.807, 2.05) is 28.8 Å². The van der Waals surface area contributed by atoms with Crippen LogP contribution in [0.5, 0.6) is 0 Å². The predicted octanol–water partition coefficient (Wildman–Crippen LogP) is 4.57. The zero-order valence-corrected chi connectivity index (χ0v) is 19.2. The van der Waals surface area contributed by atoms with Crippen LogP contribution in [0.2, 0.25) is 0 Å². The van der Waals surface area contributed by atoms with Gasteiger partial charge in [0.2, 0.25) is 0 Å². The maximum Gasteiger partial charge on any atom is 0.335 e. The molecule has 1 aliphatic heterocycles. The van der Waals surface area contributed by atoms with Gasteiger partial charge in [0.25, 0.3) is 17.5 Å². The Hall–Kier alpha value is -5.05. The molecule has 1 saturated heterocycles. The summed E-state index contributed by atoms with van der Waals surface area (Å²) < 4.78 is 1.90. The van der Waals surface area contributed by atoms with Crippen molar-refractivity contribution in [2.75, 3.05) is 4.90 Å². The van der Waals surface area contributed by atoms with Gasteiger partial charge >= 0.3 is 6.03 Å². The number of urea groups is 1.